The van der Waals surface area contributed by atoms with Crippen LogP contribution in [0, 0.1) is 0 Å². The summed E-state index contributed by atoms with van der Waals surface area (Å²) >= 11 is 1.30. The molecule has 1 rings (SSSR count). The van der Waals surface area contributed by atoms with Crippen molar-refractivity contribution < 1.29 is 5.11 Å². The minimum Gasteiger partial charge on any atom is -0.387 e. The maximum Gasteiger partial charge on any atom is 0.0914 e. The van der Waals surface area contributed by atoms with Gasteiger partial charge in [0.15, 0.2) is 0 Å². The van der Waals surface area contributed by atoms with Crippen LogP contribution in [0.3, 0.4) is 0 Å². The van der Waals surface area contributed by atoms with Crippen molar-refractivity contribution in [2.24, 2.45) is 0 Å². The lowest BCUT2D eigenvalue weighted by molar-refractivity contribution is 0.167. The maximum atomic E-state index is 9.81. The molecule has 0 bridgehead atoms. The fraction of sp³-hybridized carbons (Fsp3) is 0.846. The topological polar surface area (TPSA) is 46.0 Å². The Morgan fingerprint density at radius 1 is 1.12 bits per heavy atom. The summed E-state index contributed by atoms with van der Waals surface area (Å²) in [6, 6.07) is 0. The molecule has 0 aliphatic carbocycles. The summed E-state index contributed by atoms with van der Waals surface area (Å²) in [7, 11) is 0. The maximum absolute atomic E-state index is 9.81. The van der Waals surface area contributed by atoms with E-state index in [1.807, 2.05) is 0 Å². The van der Waals surface area contributed by atoms with Gasteiger partial charge in [-0.1, -0.05) is 62.8 Å². The normalized spacial score (nSPS) is 12.8. The van der Waals surface area contributed by atoms with Crippen LogP contribution in [0.15, 0.2) is 6.20 Å². The van der Waals surface area contributed by atoms with E-state index >= 15 is 0 Å². The zero-order valence-corrected chi connectivity index (χ0v) is 11.6. The summed E-state index contributed by atoms with van der Waals surface area (Å²) in [5.74, 6) is 0. The van der Waals surface area contributed by atoms with Crippen LogP contribution in [0.5, 0.6) is 0 Å². The molecule has 1 heterocycles. The molecule has 1 aromatic rings. The molecule has 0 amide bonds. The first kappa shape index (κ1) is 14.6. The number of nitrogens with zero attached hydrogens (tertiary/aromatic N) is 2. The Kier molecular flexibility index (Phi) is 8.18. The summed E-state index contributed by atoms with van der Waals surface area (Å²) < 4.78 is 3.76. The predicted octanol–water partition coefficient (Wildman–Crippen LogP) is 4.10. The quantitative estimate of drug-likeness (QED) is 0.641. The molecule has 0 saturated carbocycles. The third-order valence-electron chi connectivity index (χ3n) is 3.04. The van der Waals surface area contributed by atoms with E-state index in [-0.39, 0.29) is 6.10 Å². The SMILES string of the molecule is CCCCCCCCCCC(O)c1cnns1. The second-order valence-corrected chi connectivity index (χ2v) is 5.42. The van der Waals surface area contributed by atoms with Crippen molar-refractivity contribution in [1.82, 2.24) is 9.59 Å². The summed E-state index contributed by atoms with van der Waals surface area (Å²) in [5, 5.41) is 13.6. The van der Waals surface area contributed by atoms with Crippen molar-refractivity contribution in [3.63, 3.8) is 0 Å². The molecule has 98 valence electrons. The molecule has 0 aliphatic rings. The standard InChI is InChI=1S/C13H24N2OS/c1-2-3-4-5-6-7-8-9-10-12(16)13-11-14-15-17-13/h11-12,16H,2-10H2,1H3. The van der Waals surface area contributed by atoms with Crippen LogP contribution >= 0.6 is 11.5 Å². The number of hydrogen-bond donors (Lipinski definition) is 1. The minimum absolute atomic E-state index is 0.352. The van der Waals surface area contributed by atoms with E-state index < -0.39 is 0 Å². The average Bonchev–Trinajstić information content (AvgIpc) is 2.86. The molecule has 1 atom stereocenters. The predicted molar refractivity (Wildman–Crippen MR) is 72.1 cm³/mol. The van der Waals surface area contributed by atoms with Crippen molar-refractivity contribution >= 4 is 11.5 Å². The van der Waals surface area contributed by atoms with Gasteiger partial charge in [0.05, 0.1) is 17.2 Å². The number of hydrogen-bond acceptors (Lipinski definition) is 4. The highest BCUT2D eigenvalue weighted by Gasteiger charge is 2.09. The Morgan fingerprint density at radius 3 is 2.35 bits per heavy atom. The lowest BCUT2D eigenvalue weighted by atomic mass is 10.1. The number of unbranched alkanes of at least 4 members (excludes halogenated alkanes) is 7. The molecule has 0 saturated heterocycles. The third-order valence-corrected chi connectivity index (χ3v) is 3.80. The smallest absolute Gasteiger partial charge is 0.0914 e. The van der Waals surface area contributed by atoms with Crippen LogP contribution in [0.4, 0.5) is 0 Å². The molecule has 0 radical (unpaired) electrons. The van der Waals surface area contributed by atoms with Gasteiger partial charge >= 0.3 is 0 Å². The first-order valence-corrected chi connectivity index (χ1v) is 7.57. The van der Waals surface area contributed by atoms with Gasteiger partial charge < -0.3 is 5.11 Å². The van der Waals surface area contributed by atoms with E-state index in [9.17, 15) is 5.11 Å². The van der Waals surface area contributed by atoms with Crippen molar-refractivity contribution in [3.05, 3.63) is 11.1 Å². The number of aromatic nitrogens is 2. The van der Waals surface area contributed by atoms with E-state index in [2.05, 4.69) is 16.5 Å². The van der Waals surface area contributed by atoms with Gasteiger partial charge in [0.1, 0.15) is 0 Å². The van der Waals surface area contributed by atoms with Crippen LogP contribution in [0.1, 0.15) is 75.7 Å². The molecule has 1 N–H and O–H groups in total. The average molecular weight is 256 g/mol. The molecule has 0 aromatic carbocycles. The molecular weight excluding hydrogens is 232 g/mol. The lowest BCUT2D eigenvalue weighted by Gasteiger charge is -2.06. The third kappa shape index (κ3) is 6.74. The fourth-order valence-electron chi connectivity index (χ4n) is 1.94. The van der Waals surface area contributed by atoms with Crippen LogP contribution in [-0.2, 0) is 0 Å². The fourth-order valence-corrected chi connectivity index (χ4v) is 2.46. The van der Waals surface area contributed by atoms with Crippen molar-refractivity contribution in [2.45, 2.75) is 70.8 Å². The van der Waals surface area contributed by atoms with E-state index in [1.165, 1.54) is 56.5 Å². The largest absolute Gasteiger partial charge is 0.387 e. The van der Waals surface area contributed by atoms with Gasteiger partial charge in [-0.3, -0.25) is 0 Å². The Bertz CT molecular complexity index is 264. The monoisotopic (exact) mass is 256 g/mol. The molecule has 1 unspecified atom stereocenters. The molecule has 17 heavy (non-hydrogen) atoms. The molecule has 4 heteroatoms. The van der Waals surface area contributed by atoms with Crippen LogP contribution < -0.4 is 0 Å². The zero-order valence-electron chi connectivity index (χ0n) is 10.8. The van der Waals surface area contributed by atoms with E-state index in [0.717, 1.165) is 17.7 Å². The summed E-state index contributed by atoms with van der Waals surface area (Å²) in [4.78, 5) is 0.896. The molecule has 0 fully saturated rings. The molecule has 0 spiro atoms. The molecular formula is C13H24N2OS. The minimum atomic E-state index is -0.352. The first-order chi connectivity index (χ1) is 8.34. The van der Waals surface area contributed by atoms with Gasteiger partial charge in [-0.2, -0.15) is 0 Å². The number of rotatable bonds is 10. The number of aliphatic hydroxyl groups excluding tert-OH is 1. The van der Waals surface area contributed by atoms with Crippen molar-refractivity contribution in [2.75, 3.05) is 0 Å². The van der Waals surface area contributed by atoms with Crippen LogP contribution in [0.2, 0.25) is 0 Å². The lowest BCUT2D eigenvalue weighted by Crippen LogP contribution is -1.94. The van der Waals surface area contributed by atoms with Crippen LogP contribution in [0.25, 0.3) is 0 Å². The van der Waals surface area contributed by atoms with Gasteiger partial charge in [0.25, 0.3) is 0 Å². The van der Waals surface area contributed by atoms with E-state index in [1.54, 1.807) is 6.20 Å². The van der Waals surface area contributed by atoms with Crippen molar-refractivity contribution in [1.29, 1.82) is 0 Å². The first-order valence-electron chi connectivity index (χ1n) is 6.80. The second-order valence-electron chi connectivity index (χ2n) is 4.60. The highest BCUT2D eigenvalue weighted by Crippen LogP contribution is 2.21. The van der Waals surface area contributed by atoms with E-state index in [0.29, 0.717) is 0 Å². The Hall–Kier alpha value is -0.480. The van der Waals surface area contributed by atoms with Crippen LogP contribution in [-0.4, -0.2) is 14.7 Å². The van der Waals surface area contributed by atoms with Gasteiger partial charge in [-0.05, 0) is 18.0 Å². The highest BCUT2D eigenvalue weighted by atomic mass is 32.1. The number of aliphatic hydroxyl groups is 1. The second kappa shape index (κ2) is 9.54. The van der Waals surface area contributed by atoms with Crippen molar-refractivity contribution in [3.8, 4) is 0 Å². The van der Waals surface area contributed by atoms with E-state index in [4.69, 9.17) is 0 Å². The Labute approximate surface area is 108 Å². The van der Waals surface area contributed by atoms with Gasteiger partial charge in [-0.15, -0.1) is 5.10 Å². The van der Waals surface area contributed by atoms with Gasteiger partial charge in [0.2, 0.25) is 0 Å². The Balaban J connectivity index is 1.90. The molecule has 1 aromatic heterocycles. The zero-order chi connectivity index (χ0) is 12.3. The summed E-state index contributed by atoms with van der Waals surface area (Å²) in [6.45, 7) is 2.25. The van der Waals surface area contributed by atoms with Gasteiger partial charge in [-0.25, -0.2) is 0 Å². The Morgan fingerprint density at radius 2 is 1.76 bits per heavy atom. The van der Waals surface area contributed by atoms with Gasteiger partial charge in [0, 0.05) is 0 Å². The summed E-state index contributed by atoms with van der Waals surface area (Å²) in [6.07, 6.45) is 12.6. The molecule has 0 aliphatic heterocycles. The molecule has 3 nitrogen and oxygen atoms in total. The summed E-state index contributed by atoms with van der Waals surface area (Å²) in [5.41, 5.74) is 0. The highest BCUT2D eigenvalue weighted by molar-refractivity contribution is 7.05.